The average molecular weight is 575 g/mol. The molecule has 1 aromatic carbocycles. The zero-order chi connectivity index (χ0) is 23.8. The maximum absolute atomic E-state index is 12.1. The van der Waals surface area contributed by atoms with E-state index in [1.54, 1.807) is 7.05 Å². The molecular formula is C24H43IN6O2. The summed E-state index contributed by atoms with van der Waals surface area (Å²) in [6.07, 6.45) is -0.427. The standard InChI is InChI=1S/C24H42N6O2.HI/c1-23(2,3)32-22(31)28-24(4,5)18-27-21(25-6)26-16-19-8-10-20(11-9-19)17-30-14-12-29(7)13-15-30;/h8-11H,12-18H2,1-7H3,(H,28,31)(H2,25,26,27);1H. The minimum Gasteiger partial charge on any atom is -0.444 e. The second-order valence-electron chi connectivity index (χ2n) is 10.2. The fourth-order valence-electron chi connectivity index (χ4n) is 3.36. The molecule has 0 aromatic heterocycles. The first-order valence-electron chi connectivity index (χ1n) is 11.4. The van der Waals surface area contributed by atoms with Crippen molar-refractivity contribution < 1.29 is 9.53 Å². The molecule has 1 aliphatic rings. The van der Waals surface area contributed by atoms with E-state index in [2.05, 4.69) is 62.1 Å². The number of rotatable bonds is 7. The average Bonchev–Trinajstić information content (AvgIpc) is 2.69. The van der Waals surface area contributed by atoms with Gasteiger partial charge in [0.1, 0.15) is 5.60 Å². The smallest absolute Gasteiger partial charge is 0.408 e. The summed E-state index contributed by atoms with van der Waals surface area (Å²) in [6.45, 7) is 16.1. The highest BCUT2D eigenvalue weighted by Gasteiger charge is 2.24. The Kier molecular flexibility index (Phi) is 11.9. The molecule has 0 spiro atoms. The van der Waals surface area contributed by atoms with Crippen molar-refractivity contribution in [2.45, 2.75) is 58.8 Å². The Bertz CT molecular complexity index is 753. The molecule has 0 unspecified atom stereocenters. The Labute approximate surface area is 216 Å². The molecule has 0 bridgehead atoms. The predicted molar refractivity (Wildman–Crippen MR) is 146 cm³/mol. The topological polar surface area (TPSA) is 81.2 Å². The number of nitrogens with zero attached hydrogens (tertiary/aromatic N) is 3. The van der Waals surface area contributed by atoms with Gasteiger partial charge >= 0.3 is 6.09 Å². The number of guanidine groups is 1. The second-order valence-corrected chi connectivity index (χ2v) is 10.2. The van der Waals surface area contributed by atoms with Crippen molar-refractivity contribution in [1.29, 1.82) is 0 Å². The van der Waals surface area contributed by atoms with Crippen LogP contribution in [0.15, 0.2) is 29.3 Å². The monoisotopic (exact) mass is 574 g/mol. The minimum atomic E-state index is -0.523. The van der Waals surface area contributed by atoms with E-state index in [0.717, 1.165) is 32.7 Å². The van der Waals surface area contributed by atoms with Gasteiger partial charge in [0.2, 0.25) is 0 Å². The molecule has 9 heteroatoms. The van der Waals surface area contributed by atoms with Crippen molar-refractivity contribution in [2.24, 2.45) is 4.99 Å². The number of carbonyl (C=O) groups is 1. The van der Waals surface area contributed by atoms with E-state index in [1.165, 1.54) is 11.1 Å². The summed E-state index contributed by atoms with van der Waals surface area (Å²) in [5.41, 5.74) is 1.52. The summed E-state index contributed by atoms with van der Waals surface area (Å²) in [7, 11) is 3.92. The van der Waals surface area contributed by atoms with Crippen LogP contribution in [0.25, 0.3) is 0 Å². The Morgan fingerprint density at radius 1 is 1.00 bits per heavy atom. The number of likely N-dealkylation sites (N-methyl/N-ethyl adjacent to an activating group) is 1. The van der Waals surface area contributed by atoms with Crippen LogP contribution in [-0.4, -0.2) is 79.8 Å². The molecule has 33 heavy (non-hydrogen) atoms. The third-order valence-electron chi connectivity index (χ3n) is 5.25. The highest BCUT2D eigenvalue weighted by Crippen LogP contribution is 2.11. The van der Waals surface area contributed by atoms with Crippen LogP contribution in [0, 0.1) is 0 Å². The lowest BCUT2D eigenvalue weighted by atomic mass is 10.1. The number of ether oxygens (including phenoxy) is 1. The zero-order valence-corrected chi connectivity index (χ0v) is 23.7. The number of hydrogen-bond donors (Lipinski definition) is 3. The summed E-state index contributed by atoms with van der Waals surface area (Å²) in [5, 5.41) is 9.50. The minimum absolute atomic E-state index is 0. The van der Waals surface area contributed by atoms with E-state index in [9.17, 15) is 4.79 Å². The SMILES string of the molecule is CN=C(NCc1ccc(CN2CCN(C)CC2)cc1)NCC(C)(C)NC(=O)OC(C)(C)C.I. The highest BCUT2D eigenvalue weighted by atomic mass is 127. The molecule has 1 aromatic rings. The van der Waals surface area contributed by atoms with E-state index < -0.39 is 17.2 Å². The molecule has 8 nitrogen and oxygen atoms in total. The van der Waals surface area contributed by atoms with E-state index in [4.69, 9.17) is 4.74 Å². The van der Waals surface area contributed by atoms with Crippen LogP contribution in [0.4, 0.5) is 4.79 Å². The van der Waals surface area contributed by atoms with Crippen molar-refractivity contribution in [2.75, 3.05) is 46.8 Å². The molecule has 0 radical (unpaired) electrons. The highest BCUT2D eigenvalue weighted by molar-refractivity contribution is 14.0. The maximum Gasteiger partial charge on any atom is 0.408 e. The molecule has 0 aliphatic carbocycles. The molecule has 1 amide bonds. The molecule has 2 rings (SSSR count). The van der Waals surface area contributed by atoms with Gasteiger partial charge in [-0.05, 0) is 52.8 Å². The van der Waals surface area contributed by atoms with E-state index in [1.807, 2.05) is 34.6 Å². The Morgan fingerprint density at radius 2 is 1.58 bits per heavy atom. The lowest BCUT2D eigenvalue weighted by Crippen LogP contribution is -2.54. The van der Waals surface area contributed by atoms with E-state index in [0.29, 0.717) is 19.0 Å². The summed E-state index contributed by atoms with van der Waals surface area (Å²) in [4.78, 5) is 21.2. The first-order chi connectivity index (χ1) is 15.0. The fourth-order valence-corrected chi connectivity index (χ4v) is 3.36. The molecule has 0 atom stereocenters. The number of benzene rings is 1. The molecule has 1 fully saturated rings. The summed E-state index contributed by atoms with van der Waals surface area (Å²) in [6, 6.07) is 8.75. The van der Waals surface area contributed by atoms with Gasteiger partial charge < -0.3 is 25.6 Å². The second kappa shape index (κ2) is 13.3. The van der Waals surface area contributed by atoms with Crippen molar-refractivity contribution in [1.82, 2.24) is 25.8 Å². The van der Waals surface area contributed by atoms with Gasteiger partial charge in [0.25, 0.3) is 0 Å². The molecule has 188 valence electrons. The third kappa shape index (κ3) is 11.9. The van der Waals surface area contributed by atoms with E-state index >= 15 is 0 Å². The number of amides is 1. The molecule has 3 N–H and O–H groups in total. The zero-order valence-electron chi connectivity index (χ0n) is 21.3. The first-order valence-corrected chi connectivity index (χ1v) is 11.4. The Balaban J connectivity index is 0.00000544. The Morgan fingerprint density at radius 3 is 2.12 bits per heavy atom. The van der Waals surface area contributed by atoms with Crippen molar-refractivity contribution >= 4 is 36.0 Å². The van der Waals surface area contributed by atoms with Gasteiger partial charge in [-0.25, -0.2) is 4.79 Å². The van der Waals surface area contributed by atoms with Crippen molar-refractivity contribution in [3.63, 3.8) is 0 Å². The lowest BCUT2D eigenvalue weighted by molar-refractivity contribution is 0.0474. The first kappa shape index (κ1) is 29.4. The van der Waals surface area contributed by atoms with Crippen LogP contribution in [0.1, 0.15) is 45.7 Å². The molecule has 1 aliphatic heterocycles. The number of nitrogens with one attached hydrogen (secondary N) is 3. The number of piperazine rings is 1. The quantitative estimate of drug-likeness (QED) is 0.264. The molecule has 1 saturated heterocycles. The van der Waals surface area contributed by atoms with Crippen molar-refractivity contribution in [3.8, 4) is 0 Å². The van der Waals surface area contributed by atoms with Crippen LogP contribution < -0.4 is 16.0 Å². The summed E-state index contributed by atoms with van der Waals surface area (Å²) in [5.74, 6) is 0.686. The summed E-state index contributed by atoms with van der Waals surface area (Å²) < 4.78 is 5.35. The van der Waals surface area contributed by atoms with Crippen LogP contribution in [0.5, 0.6) is 0 Å². The maximum atomic E-state index is 12.1. The van der Waals surface area contributed by atoms with E-state index in [-0.39, 0.29) is 24.0 Å². The van der Waals surface area contributed by atoms with Gasteiger partial charge in [0.15, 0.2) is 5.96 Å². The number of carbonyl (C=O) groups excluding carboxylic acids is 1. The Hall–Kier alpha value is -1.59. The summed E-state index contributed by atoms with van der Waals surface area (Å²) >= 11 is 0. The van der Waals surface area contributed by atoms with Crippen LogP contribution in [0.2, 0.25) is 0 Å². The van der Waals surface area contributed by atoms with Gasteiger partial charge in [-0.2, -0.15) is 0 Å². The van der Waals surface area contributed by atoms with Crippen LogP contribution in [-0.2, 0) is 17.8 Å². The third-order valence-corrected chi connectivity index (χ3v) is 5.25. The number of aliphatic imine (C=N–C) groups is 1. The largest absolute Gasteiger partial charge is 0.444 e. The molecule has 1 heterocycles. The van der Waals surface area contributed by atoms with Gasteiger partial charge in [-0.3, -0.25) is 9.89 Å². The number of hydrogen-bond acceptors (Lipinski definition) is 5. The molecule has 0 saturated carbocycles. The normalized spacial score (nSPS) is 16.0. The van der Waals surface area contributed by atoms with Gasteiger partial charge in [-0.15, -0.1) is 24.0 Å². The van der Waals surface area contributed by atoms with Gasteiger partial charge in [0, 0.05) is 52.9 Å². The van der Waals surface area contributed by atoms with Crippen LogP contribution in [0.3, 0.4) is 0 Å². The predicted octanol–water partition coefficient (Wildman–Crippen LogP) is 3.02. The van der Waals surface area contributed by atoms with Gasteiger partial charge in [-0.1, -0.05) is 24.3 Å². The van der Waals surface area contributed by atoms with Crippen LogP contribution >= 0.6 is 24.0 Å². The number of alkyl carbamates (subject to hydrolysis) is 1. The van der Waals surface area contributed by atoms with Crippen molar-refractivity contribution in [3.05, 3.63) is 35.4 Å². The van der Waals surface area contributed by atoms with Gasteiger partial charge in [0.05, 0.1) is 5.54 Å². The number of halogens is 1. The fraction of sp³-hybridized carbons (Fsp3) is 0.667. The molecular weight excluding hydrogens is 531 g/mol. The lowest BCUT2D eigenvalue weighted by Gasteiger charge is -2.32.